The Balaban J connectivity index is 2.91. The van der Waals surface area contributed by atoms with E-state index >= 15 is 0 Å². The molecule has 0 aliphatic heterocycles. The van der Waals surface area contributed by atoms with Crippen LogP contribution < -0.4 is 5.32 Å². The van der Waals surface area contributed by atoms with E-state index in [0.717, 1.165) is 0 Å². The maximum Gasteiger partial charge on any atom is 0.213 e. The molecule has 6 heteroatoms. The molecule has 1 aromatic carbocycles. The van der Waals surface area contributed by atoms with Gasteiger partial charge in [-0.1, -0.05) is 29.3 Å². The number of nitrogens with one attached hydrogen (secondary N) is 1. The first kappa shape index (κ1) is 13.8. The zero-order chi connectivity index (χ0) is 12.8. The molecule has 0 atom stereocenters. The van der Waals surface area contributed by atoms with Gasteiger partial charge in [0.1, 0.15) is 0 Å². The second kappa shape index (κ2) is 6.47. The van der Waals surface area contributed by atoms with E-state index in [-0.39, 0.29) is 0 Å². The fraction of sp³-hybridized carbons (Fsp3) is 0.273. The number of hydrazone groups is 1. The number of hydrogen-bond acceptors (Lipinski definition) is 2. The molecule has 0 radical (unpaired) electrons. The van der Waals surface area contributed by atoms with Gasteiger partial charge in [-0.3, -0.25) is 4.99 Å². The lowest BCUT2D eigenvalue weighted by molar-refractivity contribution is 0.526. The van der Waals surface area contributed by atoms with E-state index in [1.165, 1.54) is 0 Å². The lowest BCUT2D eigenvalue weighted by atomic mass is 10.2. The van der Waals surface area contributed by atoms with Crippen molar-refractivity contribution in [3.05, 3.63) is 33.8 Å². The number of rotatable bonds is 2. The van der Waals surface area contributed by atoms with Crippen LogP contribution in [0.3, 0.4) is 0 Å². The molecule has 0 aromatic heterocycles. The molecule has 0 amide bonds. The van der Waals surface area contributed by atoms with Crippen LogP contribution in [-0.2, 0) is 0 Å². The highest BCUT2D eigenvalue weighted by Gasteiger charge is 2.04. The topological polar surface area (TPSA) is 40.0 Å². The third kappa shape index (κ3) is 3.61. The molecule has 0 spiro atoms. The van der Waals surface area contributed by atoms with E-state index in [0.29, 0.717) is 21.6 Å². The average Bonchev–Trinajstić information content (AvgIpc) is 2.30. The van der Waals surface area contributed by atoms with Crippen molar-refractivity contribution in [2.45, 2.75) is 0 Å². The van der Waals surface area contributed by atoms with Crippen molar-refractivity contribution in [2.24, 2.45) is 10.1 Å². The number of benzene rings is 1. The van der Waals surface area contributed by atoms with Crippen LogP contribution in [-0.4, -0.2) is 38.3 Å². The zero-order valence-electron chi connectivity index (χ0n) is 9.91. The minimum atomic E-state index is 0.564. The van der Waals surface area contributed by atoms with E-state index in [1.807, 2.05) is 0 Å². The van der Waals surface area contributed by atoms with Gasteiger partial charge in [-0.25, -0.2) is 5.01 Å². The predicted molar refractivity (Wildman–Crippen MR) is 74.2 cm³/mol. The molecule has 0 bridgehead atoms. The highest BCUT2D eigenvalue weighted by Crippen LogP contribution is 2.22. The molecule has 1 rings (SSSR count). The van der Waals surface area contributed by atoms with Crippen molar-refractivity contribution in [1.29, 1.82) is 0 Å². The summed E-state index contributed by atoms with van der Waals surface area (Å²) < 4.78 is 0. The van der Waals surface area contributed by atoms with Crippen molar-refractivity contribution >= 4 is 35.4 Å². The Morgan fingerprint density at radius 1 is 1.35 bits per heavy atom. The quantitative estimate of drug-likeness (QED) is 0.511. The molecular formula is C11H14Cl2N4. The Morgan fingerprint density at radius 3 is 2.41 bits per heavy atom. The molecule has 0 saturated carbocycles. The number of halogens is 2. The van der Waals surface area contributed by atoms with Crippen LogP contribution in [0.4, 0.5) is 0 Å². The van der Waals surface area contributed by atoms with Crippen LogP contribution in [0.25, 0.3) is 0 Å². The second-order valence-corrected chi connectivity index (χ2v) is 4.02. The highest BCUT2D eigenvalue weighted by atomic mass is 35.5. The third-order valence-corrected chi connectivity index (χ3v) is 2.76. The molecule has 0 aliphatic rings. The molecule has 0 aliphatic carbocycles. The van der Waals surface area contributed by atoms with Gasteiger partial charge in [0.05, 0.1) is 16.3 Å². The van der Waals surface area contributed by atoms with Crippen LogP contribution in [0, 0.1) is 0 Å². The van der Waals surface area contributed by atoms with Crippen molar-refractivity contribution in [1.82, 2.24) is 10.3 Å². The first-order valence-electron chi connectivity index (χ1n) is 4.96. The maximum atomic E-state index is 6.02. The summed E-state index contributed by atoms with van der Waals surface area (Å²) >= 11 is 12.0. The van der Waals surface area contributed by atoms with Crippen LogP contribution in [0.1, 0.15) is 5.56 Å². The van der Waals surface area contributed by atoms with Gasteiger partial charge in [0, 0.05) is 26.7 Å². The van der Waals surface area contributed by atoms with Crippen molar-refractivity contribution < 1.29 is 0 Å². The summed E-state index contributed by atoms with van der Waals surface area (Å²) in [5.41, 5.74) is 0.689. The lowest BCUT2D eigenvalue weighted by Gasteiger charge is -2.14. The van der Waals surface area contributed by atoms with Crippen LogP contribution in [0.5, 0.6) is 0 Å². The van der Waals surface area contributed by atoms with Crippen LogP contribution in [0.2, 0.25) is 10.0 Å². The van der Waals surface area contributed by atoms with E-state index < -0.39 is 0 Å². The van der Waals surface area contributed by atoms with Gasteiger partial charge in [0.25, 0.3) is 0 Å². The summed E-state index contributed by atoms with van der Waals surface area (Å²) in [6.07, 6.45) is 1.60. The van der Waals surface area contributed by atoms with Gasteiger partial charge in [-0.15, -0.1) is 0 Å². The predicted octanol–water partition coefficient (Wildman–Crippen LogP) is 2.46. The molecule has 17 heavy (non-hydrogen) atoms. The molecule has 0 unspecified atom stereocenters. The monoisotopic (exact) mass is 272 g/mol. The molecule has 0 fully saturated rings. The van der Waals surface area contributed by atoms with Gasteiger partial charge in [-0.05, 0) is 12.1 Å². The largest absolute Gasteiger partial charge is 0.358 e. The maximum absolute atomic E-state index is 6.02. The lowest BCUT2D eigenvalue weighted by Crippen LogP contribution is -2.33. The van der Waals surface area contributed by atoms with Crippen molar-refractivity contribution in [3.63, 3.8) is 0 Å². The van der Waals surface area contributed by atoms with Crippen molar-refractivity contribution in [3.8, 4) is 0 Å². The van der Waals surface area contributed by atoms with Gasteiger partial charge in [0.2, 0.25) is 5.96 Å². The Kier molecular flexibility index (Phi) is 5.25. The average molecular weight is 273 g/mol. The second-order valence-electron chi connectivity index (χ2n) is 3.20. The number of guanidine groups is 1. The Hall–Kier alpha value is -1.26. The zero-order valence-corrected chi connectivity index (χ0v) is 11.4. The smallest absolute Gasteiger partial charge is 0.213 e. The van der Waals surface area contributed by atoms with Gasteiger partial charge >= 0.3 is 0 Å². The van der Waals surface area contributed by atoms with E-state index in [1.54, 1.807) is 50.6 Å². The van der Waals surface area contributed by atoms with Crippen molar-refractivity contribution in [2.75, 3.05) is 21.1 Å². The molecule has 0 heterocycles. The molecule has 1 N–H and O–H groups in total. The molecule has 1 aromatic rings. The molecule has 92 valence electrons. The van der Waals surface area contributed by atoms with Crippen LogP contribution >= 0.6 is 23.2 Å². The fourth-order valence-corrected chi connectivity index (χ4v) is 1.75. The molecule has 4 nitrogen and oxygen atoms in total. The van der Waals surface area contributed by atoms with Gasteiger partial charge in [0.15, 0.2) is 0 Å². The summed E-state index contributed by atoms with van der Waals surface area (Å²) in [4.78, 5) is 4.02. The van der Waals surface area contributed by atoms with E-state index in [4.69, 9.17) is 23.2 Å². The first-order chi connectivity index (χ1) is 8.10. The first-order valence-corrected chi connectivity index (χ1v) is 5.72. The summed E-state index contributed by atoms with van der Waals surface area (Å²) in [7, 11) is 5.23. The van der Waals surface area contributed by atoms with E-state index in [2.05, 4.69) is 15.4 Å². The SMILES string of the molecule is CN=C(NC)N(C)N=Cc1c(Cl)cccc1Cl. The number of hydrogen-bond donors (Lipinski definition) is 1. The standard InChI is InChI=1S/C11H14Cl2N4/c1-14-11(15-2)17(3)16-7-8-9(12)5-4-6-10(8)13/h4-7H,1-3H3,(H,14,15). The minimum absolute atomic E-state index is 0.564. The summed E-state index contributed by atoms with van der Waals surface area (Å²) in [6.45, 7) is 0. The van der Waals surface area contributed by atoms with Gasteiger partial charge in [-0.2, -0.15) is 5.10 Å². The van der Waals surface area contributed by atoms with Crippen LogP contribution in [0.15, 0.2) is 28.3 Å². The Bertz CT molecular complexity index is 423. The number of nitrogens with zero attached hydrogens (tertiary/aromatic N) is 3. The molecular weight excluding hydrogens is 259 g/mol. The number of aliphatic imine (C=N–C) groups is 1. The minimum Gasteiger partial charge on any atom is -0.358 e. The Labute approximate surface area is 111 Å². The normalized spacial score (nSPS) is 11.9. The fourth-order valence-electron chi connectivity index (χ4n) is 1.25. The Morgan fingerprint density at radius 2 is 1.94 bits per heavy atom. The highest BCUT2D eigenvalue weighted by molar-refractivity contribution is 6.38. The molecule has 0 saturated heterocycles. The van der Waals surface area contributed by atoms with E-state index in [9.17, 15) is 0 Å². The summed E-state index contributed by atoms with van der Waals surface area (Å²) in [6, 6.07) is 5.32. The summed E-state index contributed by atoms with van der Waals surface area (Å²) in [5, 5.41) is 9.84. The van der Waals surface area contributed by atoms with Gasteiger partial charge < -0.3 is 5.32 Å². The third-order valence-electron chi connectivity index (χ3n) is 2.10. The summed E-state index contributed by atoms with van der Waals surface area (Å²) in [5.74, 6) is 0.643.